The number of hydrogen-bond donors (Lipinski definition) is 2. The van der Waals surface area contributed by atoms with Crippen molar-refractivity contribution < 1.29 is 18.3 Å². The topological polar surface area (TPSA) is 89.6 Å². The highest BCUT2D eigenvalue weighted by Crippen LogP contribution is 2.29. The van der Waals surface area contributed by atoms with Gasteiger partial charge in [0.15, 0.2) is 5.44 Å². The van der Waals surface area contributed by atoms with Crippen molar-refractivity contribution in [2.45, 2.75) is 24.2 Å². The number of sulfone groups is 1. The van der Waals surface area contributed by atoms with Gasteiger partial charge in [-0.3, -0.25) is 0 Å². The Kier molecular flexibility index (Phi) is 3.44. The Bertz CT molecular complexity index is 494. The van der Waals surface area contributed by atoms with Crippen LogP contribution in [-0.4, -0.2) is 26.1 Å². The second kappa shape index (κ2) is 4.31. The number of hydrogen-bond acceptors (Lipinski definition) is 5. The van der Waals surface area contributed by atoms with Gasteiger partial charge in [-0.1, -0.05) is 0 Å². The number of nitrogen functional groups attached to an aromatic ring is 1. The third kappa shape index (κ3) is 2.12. The molecule has 0 spiro atoms. The predicted octanol–water partition coefficient (Wildman–Crippen LogP) is 0.698. The molecule has 1 atom stereocenters. The lowest BCUT2D eigenvalue weighted by Gasteiger charge is -2.13. The molecule has 1 unspecified atom stereocenters. The van der Waals surface area contributed by atoms with Gasteiger partial charge in [0.25, 0.3) is 0 Å². The van der Waals surface area contributed by atoms with Gasteiger partial charge >= 0.3 is 0 Å². The van der Waals surface area contributed by atoms with E-state index in [4.69, 9.17) is 10.5 Å². The van der Waals surface area contributed by atoms with Gasteiger partial charge in [0.1, 0.15) is 5.75 Å². The molecule has 16 heavy (non-hydrogen) atoms. The largest absolute Gasteiger partial charge is 0.495 e. The van der Waals surface area contributed by atoms with E-state index >= 15 is 0 Å². The molecule has 0 saturated heterocycles. The van der Waals surface area contributed by atoms with Crippen LogP contribution in [0.15, 0.2) is 17.0 Å². The van der Waals surface area contributed by atoms with E-state index in [1.807, 2.05) is 0 Å². The van der Waals surface area contributed by atoms with Gasteiger partial charge in [0, 0.05) is 6.07 Å². The zero-order chi connectivity index (χ0) is 12.5. The maximum Gasteiger partial charge on any atom is 0.205 e. The van der Waals surface area contributed by atoms with Crippen molar-refractivity contribution in [2.24, 2.45) is 0 Å². The summed E-state index contributed by atoms with van der Waals surface area (Å²) < 4.78 is 28.5. The Morgan fingerprint density at radius 2 is 2.00 bits per heavy atom. The lowest BCUT2D eigenvalue weighted by molar-refractivity contribution is 0.268. The Hall–Kier alpha value is -1.27. The summed E-state index contributed by atoms with van der Waals surface area (Å²) in [4.78, 5) is 0.0357. The molecule has 0 aliphatic heterocycles. The molecule has 0 fully saturated rings. The summed E-state index contributed by atoms with van der Waals surface area (Å²) in [5.41, 5.74) is 5.03. The number of nitrogens with two attached hydrogens (primary N) is 1. The third-order valence-electron chi connectivity index (χ3n) is 2.28. The summed E-state index contributed by atoms with van der Waals surface area (Å²) in [5.74, 6) is 0.282. The molecule has 3 N–H and O–H groups in total. The molecule has 0 aromatic heterocycles. The number of rotatable bonds is 3. The third-order valence-corrected chi connectivity index (χ3v) is 4.23. The van der Waals surface area contributed by atoms with E-state index in [2.05, 4.69) is 0 Å². The molecule has 0 bridgehead atoms. The summed E-state index contributed by atoms with van der Waals surface area (Å²) >= 11 is 0. The average molecular weight is 245 g/mol. The lowest BCUT2D eigenvalue weighted by Crippen LogP contribution is -2.18. The highest BCUT2D eigenvalue weighted by atomic mass is 32.2. The van der Waals surface area contributed by atoms with E-state index in [0.717, 1.165) is 0 Å². The smallest absolute Gasteiger partial charge is 0.205 e. The second-order valence-electron chi connectivity index (χ2n) is 3.50. The molecular weight excluding hydrogens is 230 g/mol. The molecule has 90 valence electrons. The molecule has 0 aliphatic carbocycles. The van der Waals surface area contributed by atoms with Gasteiger partial charge < -0.3 is 15.6 Å². The number of aliphatic hydroxyl groups is 1. The minimum atomic E-state index is -3.74. The first-order chi connectivity index (χ1) is 7.30. The molecule has 0 radical (unpaired) electrons. The number of aryl methyl sites for hydroxylation is 1. The van der Waals surface area contributed by atoms with Gasteiger partial charge in [-0.05, 0) is 25.5 Å². The fraction of sp³-hybridized carbons (Fsp3) is 0.400. The van der Waals surface area contributed by atoms with E-state index in [0.29, 0.717) is 11.3 Å². The summed E-state index contributed by atoms with van der Waals surface area (Å²) in [6.07, 6.45) is 0. The van der Waals surface area contributed by atoms with Gasteiger partial charge in [0.2, 0.25) is 9.84 Å². The quantitative estimate of drug-likeness (QED) is 0.765. The molecule has 6 heteroatoms. The van der Waals surface area contributed by atoms with Crippen LogP contribution in [0.3, 0.4) is 0 Å². The van der Waals surface area contributed by atoms with Crippen molar-refractivity contribution in [3.63, 3.8) is 0 Å². The molecule has 5 nitrogen and oxygen atoms in total. The van der Waals surface area contributed by atoms with Gasteiger partial charge in [-0.25, -0.2) is 8.42 Å². The van der Waals surface area contributed by atoms with E-state index < -0.39 is 15.3 Å². The number of anilines is 1. The lowest BCUT2D eigenvalue weighted by atomic mass is 10.2. The Morgan fingerprint density at radius 3 is 2.44 bits per heavy atom. The van der Waals surface area contributed by atoms with Crippen LogP contribution < -0.4 is 10.5 Å². The second-order valence-corrected chi connectivity index (χ2v) is 5.72. The van der Waals surface area contributed by atoms with Crippen LogP contribution in [0.1, 0.15) is 12.5 Å². The van der Waals surface area contributed by atoms with E-state index in [1.165, 1.54) is 26.2 Å². The van der Waals surface area contributed by atoms with Crippen LogP contribution >= 0.6 is 0 Å². The molecule has 0 aliphatic rings. The number of aliphatic hydroxyl groups excluding tert-OH is 1. The van der Waals surface area contributed by atoms with Crippen LogP contribution in [0.25, 0.3) is 0 Å². The molecule has 0 amide bonds. The average Bonchev–Trinajstić information content (AvgIpc) is 2.17. The summed E-state index contributed by atoms with van der Waals surface area (Å²) in [7, 11) is -2.33. The molecule has 0 heterocycles. The molecule has 1 aromatic carbocycles. The number of methoxy groups -OCH3 is 1. The summed E-state index contributed by atoms with van der Waals surface area (Å²) in [5, 5.41) is 9.23. The van der Waals surface area contributed by atoms with Crippen molar-refractivity contribution in [1.29, 1.82) is 0 Å². The zero-order valence-corrected chi connectivity index (χ0v) is 10.2. The Morgan fingerprint density at radius 1 is 1.44 bits per heavy atom. The highest BCUT2D eigenvalue weighted by Gasteiger charge is 2.24. The summed E-state index contributed by atoms with van der Waals surface area (Å²) in [6, 6.07) is 2.83. The van der Waals surface area contributed by atoms with Crippen LogP contribution in [0, 0.1) is 6.92 Å². The minimum Gasteiger partial charge on any atom is -0.495 e. The van der Waals surface area contributed by atoms with Gasteiger partial charge in [-0.2, -0.15) is 0 Å². The first-order valence-electron chi connectivity index (χ1n) is 4.66. The SMILES string of the molecule is COc1cc(S(=O)(=O)C(C)O)c(C)cc1N. The predicted molar refractivity (Wildman–Crippen MR) is 61.0 cm³/mol. The van der Waals surface area contributed by atoms with Crippen molar-refractivity contribution in [3.05, 3.63) is 17.7 Å². The molecule has 1 aromatic rings. The number of benzene rings is 1. The fourth-order valence-electron chi connectivity index (χ4n) is 1.36. The van der Waals surface area contributed by atoms with Crippen LogP contribution in [0.5, 0.6) is 5.75 Å². The van der Waals surface area contributed by atoms with Crippen LogP contribution in [0.4, 0.5) is 5.69 Å². The molecule has 0 saturated carbocycles. The molecular formula is C10H15NO4S. The Labute approximate surface area is 94.8 Å². The van der Waals surface area contributed by atoms with E-state index in [9.17, 15) is 13.5 Å². The fourth-order valence-corrected chi connectivity index (χ4v) is 2.51. The number of ether oxygens (including phenoxy) is 1. The highest BCUT2D eigenvalue weighted by molar-refractivity contribution is 7.91. The van der Waals surface area contributed by atoms with E-state index in [-0.39, 0.29) is 10.6 Å². The maximum atomic E-state index is 11.8. The van der Waals surface area contributed by atoms with Crippen molar-refractivity contribution in [2.75, 3.05) is 12.8 Å². The zero-order valence-electron chi connectivity index (χ0n) is 9.39. The monoisotopic (exact) mass is 245 g/mol. The van der Waals surface area contributed by atoms with Gasteiger partial charge in [-0.15, -0.1) is 0 Å². The van der Waals surface area contributed by atoms with Crippen LogP contribution in [-0.2, 0) is 9.84 Å². The van der Waals surface area contributed by atoms with Crippen molar-refractivity contribution in [3.8, 4) is 5.75 Å². The minimum absolute atomic E-state index is 0.0357. The summed E-state index contributed by atoms with van der Waals surface area (Å²) in [6.45, 7) is 2.82. The first kappa shape index (κ1) is 12.8. The standard InChI is InChI=1S/C10H15NO4S/c1-6-4-8(11)9(15-3)5-10(6)16(13,14)7(2)12/h4-5,7,12H,11H2,1-3H3. The van der Waals surface area contributed by atoms with Crippen molar-refractivity contribution >= 4 is 15.5 Å². The van der Waals surface area contributed by atoms with E-state index in [1.54, 1.807) is 6.92 Å². The maximum absolute atomic E-state index is 11.8. The van der Waals surface area contributed by atoms with Gasteiger partial charge in [0.05, 0.1) is 17.7 Å². The normalized spacial score (nSPS) is 13.5. The van der Waals surface area contributed by atoms with Crippen LogP contribution in [0.2, 0.25) is 0 Å². The molecule has 1 rings (SSSR count). The Balaban J connectivity index is 3.47. The van der Waals surface area contributed by atoms with Crippen molar-refractivity contribution in [1.82, 2.24) is 0 Å². The first-order valence-corrected chi connectivity index (χ1v) is 6.21.